The molecule has 0 amide bonds. The third-order valence-electron chi connectivity index (χ3n) is 4.19. The Kier molecular flexibility index (Phi) is 3.57. The van der Waals surface area contributed by atoms with Gasteiger partial charge in [-0.25, -0.2) is 4.39 Å². The highest BCUT2D eigenvalue weighted by molar-refractivity contribution is 5.24. The SMILES string of the molecule is C[C@@H](NC1CC(c2ccc(F)cc2)C1)c1cnn(C)c1. The van der Waals surface area contributed by atoms with Crippen LogP contribution >= 0.6 is 0 Å². The van der Waals surface area contributed by atoms with E-state index in [0.717, 1.165) is 12.8 Å². The van der Waals surface area contributed by atoms with Crippen molar-refractivity contribution in [1.82, 2.24) is 15.1 Å². The Labute approximate surface area is 118 Å². The van der Waals surface area contributed by atoms with Gasteiger partial charge in [0.1, 0.15) is 5.82 Å². The summed E-state index contributed by atoms with van der Waals surface area (Å²) < 4.78 is 14.7. The third-order valence-corrected chi connectivity index (χ3v) is 4.19. The van der Waals surface area contributed by atoms with Gasteiger partial charge < -0.3 is 5.32 Å². The smallest absolute Gasteiger partial charge is 0.123 e. The van der Waals surface area contributed by atoms with Crippen molar-refractivity contribution in [3.05, 3.63) is 53.6 Å². The molecule has 1 aromatic carbocycles. The Hall–Kier alpha value is -1.68. The fourth-order valence-electron chi connectivity index (χ4n) is 2.87. The fraction of sp³-hybridized carbons (Fsp3) is 0.438. The first-order valence-corrected chi connectivity index (χ1v) is 7.12. The van der Waals surface area contributed by atoms with Crippen molar-refractivity contribution < 1.29 is 4.39 Å². The maximum absolute atomic E-state index is 12.9. The van der Waals surface area contributed by atoms with Crippen LogP contribution in [0, 0.1) is 5.82 Å². The summed E-state index contributed by atoms with van der Waals surface area (Å²) in [5, 5.41) is 7.83. The van der Waals surface area contributed by atoms with E-state index in [0.29, 0.717) is 18.0 Å². The summed E-state index contributed by atoms with van der Waals surface area (Å²) >= 11 is 0. The molecule has 0 radical (unpaired) electrons. The maximum Gasteiger partial charge on any atom is 0.123 e. The molecule has 1 heterocycles. The lowest BCUT2D eigenvalue weighted by atomic mass is 9.75. The molecule has 1 saturated carbocycles. The minimum atomic E-state index is -0.159. The minimum absolute atomic E-state index is 0.159. The van der Waals surface area contributed by atoms with Crippen LogP contribution in [0.1, 0.15) is 42.9 Å². The largest absolute Gasteiger partial charge is 0.307 e. The normalized spacial score (nSPS) is 23.4. The molecule has 0 unspecified atom stereocenters. The Morgan fingerprint density at radius 1 is 1.30 bits per heavy atom. The summed E-state index contributed by atoms with van der Waals surface area (Å²) in [5.41, 5.74) is 2.47. The zero-order chi connectivity index (χ0) is 14.1. The van der Waals surface area contributed by atoms with E-state index in [1.807, 2.05) is 36.3 Å². The van der Waals surface area contributed by atoms with E-state index in [1.54, 1.807) is 12.1 Å². The second-order valence-electron chi connectivity index (χ2n) is 5.75. The van der Waals surface area contributed by atoms with Crippen LogP contribution in [-0.4, -0.2) is 15.8 Å². The van der Waals surface area contributed by atoms with Crippen LogP contribution in [0.2, 0.25) is 0 Å². The summed E-state index contributed by atoms with van der Waals surface area (Å²) in [6.07, 6.45) is 6.20. The monoisotopic (exact) mass is 273 g/mol. The van der Waals surface area contributed by atoms with E-state index in [4.69, 9.17) is 0 Å². The molecule has 1 aliphatic carbocycles. The van der Waals surface area contributed by atoms with Crippen LogP contribution in [-0.2, 0) is 7.05 Å². The first-order valence-electron chi connectivity index (χ1n) is 7.12. The molecule has 4 heteroatoms. The van der Waals surface area contributed by atoms with Crippen molar-refractivity contribution in [3.63, 3.8) is 0 Å². The Morgan fingerprint density at radius 3 is 2.60 bits per heavy atom. The summed E-state index contributed by atoms with van der Waals surface area (Å²) in [4.78, 5) is 0. The highest BCUT2D eigenvalue weighted by Crippen LogP contribution is 2.37. The fourth-order valence-corrected chi connectivity index (χ4v) is 2.87. The van der Waals surface area contributed by atoms with Gasteiger partial charge in [-0.3, -0.25) is 4.68 Å². The van der Waals surface area contributed by atoms with Crippen LogP contribution in [0.5, 0.6) is 0 Å². The molecule has 1 fully saturated rings. The predicted octanol–water partition coefficient (Wildman–Crippen LogP) is 3.16. The maximum atomic E-state index is 12.9. The van der Waals surface area contributed by atoms with Crippen LogP contribution in [0.3, 0.4) is 0 Å². The van der Waals surface area contributed by atoms with Gasteiger partial charge in [-0.05, 0) is 43.4 Å². The first-order chi connectivity index (χ1) is 9.61. The van der Waals surface area contributed by atoms with Gasteiger partial charge in [-0.15, -0.1) is 0 Å². The zero-order valence-corrected chi connectivity index (χ0v) is 11.9. The Morgan fingerprint density at radius 2 is 2.00 bits per heavy atom. The molecule has 0 bridgehead atoms. The number of benzene rings is 1. The molecule has 0 spiro atoms. The van der Waals surface area contributed by atoms with Crippen LogP contribution in [0.15, 0.2) is 36.7 Å². The van der Waals surface area contributed by atoms with Gasteiger partial charge in [0.2, 0.25) is 0 Å². The van der Waals surface area contributed by atoms with Gasteiger partial charge in [-0.2, -0.15) is 5.10 Å². The molecule has 106 valence electrons. The predicted molar refractivity (Wildman–Crippen MR) is 76.9 cm³/mol. The van der Waals surface area contributed by atoms with Gasteiger partial charge in [0.15, 0.2) is 0 Å². The van der Waals surface area contributed by atoms with Crippen molar-refractivity contribution >= 4 is 0 Å². The van der Waals surface area contributed by atoms with Crippen LogP contribution < -0.4 is 5.32 Å². The average molecular weight is 273 g/mol. The first kappa shape index (κ1) is 13.3. The van der Waals surface area contributed by atoms with E-state index in [1.165, 1.54) is 11.1 Å². The highest BCUT2D eigenvalue weighted by atomic mass is 19.1. The molecule has 0 saturated heterocycles. The van der Waals surface area contributed by atoms with E-state index >= 15 is 0 Å². The topological polar surface area (TPSA) is 29.9 Å². The van der Waals surface area contributed by atoms with Gasteiger partial charge >= 0.3 is 0 Å². The van der Waals surface area contributed by atoms with Crippen LogP contribution in [0.4, 0.5) is 4.39 Å². The molecule has 2 aromatic rings. The summed E-state index contributed by atoms with van der Waals surface area (Å²) in [6.45, 7) is 2.17. The average Bonchev–Trinajstić information content (AvgIpc) is 2.81. The van der Waals surface area contributed by atoms with Crippen molar-refractivity contribution in [2.45, 2.75) is 37.8 Å². The number of hydrogen-bond acceptors (Lipinski definition) is 2. The second-order valence-corrected chi connectivity index (χ2v) is 5.75. The van der Waals surface area contributed by atoms with E-state index in [2.05, 4.69) is 17.3 Å². The lowest BCUT2D eigenvalue weighted by molar-refractivity contribution is 0.271. The number of nitrogens with zero attached hydrogens (tertiary/aromatic N) is 2. The Bertz CT molecular complexity index is 570. The van der Waals surface area contributed by atoms with Crippen molar-refractivity contribution in [1.29, 1.82) is 0 Å². The number of halogens is 1. The lowest BCUT2D eigenvalue weighted by Crippen LogP contribution is -2.41. The van der Waals surface area contributed by atoms with Crippen molar-refractivity contribution in [3.8, 4) is 0 Å². The molecule has 1 atom stereocenters. The molecule has 1 aliphatic rings. The molecule has 1 N–H and O–H groups in total. The van der Waals surface area contributed by atoms with Gasteiger partial charge in [0.05, 0.1) is 6.20 Å². The van der Waals surface area contributed by atoms with Gasteiger partial charge in [0.25, 0.3) is 0 Å². The van der Waals surface area contributed by atoms with E-state index in [9.17, 15) is 4.39 Å². The molecule has 1 aromatic heterocycles. The second kappa shape index (κ2) is 5.37. The minimum Gasteiger partial charge on any atom is -0.307 e. The molecule has 3 rings (SSSR count). The van der Waals surface area contributed by atoms with E-state index in [-0.39, 0.29) is 5.82 Å². The van der Waals surface area contributed by atoms with Gasteiger partial charge in [0, 0.05) is 30.9 Å². The lowest BCUT2D eigenvalue weighted by Gasteiger charge is -2.38. The Balaban J connectivity index is 1.52. The third kappa shape index (κ3) is 2.75. The van der Waals surface area contributed by atoms with Gasteiger partial charge in [-0.1, -0.05) is 12.1 Å². The quantitative estimate of drug-likeness (QED) is 0.927. The molecule has 3 nitrogen and oxygen atoms in total. The summed E-state index contributed by atoms with van der Waals surface area (Å²) in [6, 6.07) is 7.77. The number of nitrogens with one attached hydrogen (secondary N) is 1. The van der Waals surface area contributed by atoms with Crippen molar-refractivity contribution in [2.75, 3.05) is 0 Å². The zero-order valence-electron chi connectivity index (χ0n) is 11.9. The number of aromatic nitrogens is 2. The van der Waals surface area contributed by atoms with Crippen molar-refractivity contribution in [2.24, 2.45) is 7.05 Å². The molecule has 20 heavy (non-hydrogen) atoms. The summed E-state index contributed by atoms with van der Waals surface area (Å²) in [7, 11) is 1.93. The highest BCUT2D eigenvalue weighted by Gasteiger charge is 2.31. The molecular weight excluding hydrogens is 253 g/mol. The number of aryl methyl sites for hydroxylation is 1. The van der Waals surface area contributed by atoms with Crippen LogP contribution in [0.25, 0.3) is 0 Å². The van der Waals surface area contributed by atoms with E-state index < -0.39 is 0 Å². The summed E-state index contributed by atoms with van der Waals surface area (Å²) in [5.74, 6) is 0.405. The molecule has 0 aliphatic heterocycles. The molecular formula is C16H20FN3. The standard InChI is InChI=1S/C16H20FN3/c1-11(14-9-18-20(2)10-14)19-16-7-13(8-16)12-3-5-15(17)6-4-12/h3-6,9-11,13,16,19H,7-8H2,1-2H3/t11-,13?,16?/m1/s1. The number of rotatable bonds is 4. The number of hydrogen-bond donors (Lipinski definition) is 1.